The van der Waals surface area contributed by atoms with Crippen molar-refractivity contribution in [3.63, 3.8) is 0 Å². The summed E-state index contributed by atoms with van der Waals surface area (Å²) >= 11 is 5.96. The fourth-order valence-corrected chi connectivity index (χ4v) is 4.07. The maximum Gasteiger partial charge on any atom is 0.170 e. The molecule has 5 rings (SSSR count). The van der Waals surface area contributed by atoms with Crippen molar-refractivity contribution in [2.45, 2.75) is 12.5 Å². The van der Waals surface area contributed by atoms with E-state index in [4.69, 9.17) is 11.6 Å². The fraction of sp³-hybridized carbons (Fsp3) is 0.167. The zero-order valence-corrected chi connectivity index (χ0v) is 17.8. The number of benzene rings is 2. The Morgan fingerprint density at radius 2 is 1.97 bits per heavy atom. The van der Waals surface area contributed by atoms with Gasteiger partial charge < -0.3 is 21.1 Å². The molecule has 0 saturated carbocycles. The molecule has 1 aliphatic heterocycles. The highest BCUT2D eigenvalue weighted by atomic mass is 35.5. The molecule has 2 aromatic carbocycles. The Kier molecular flexibility index (Phi) is 5.51. The number of nitrogens with one attached hydrogen (secondary N) is 3. The minimum absolute atomic E-state index is 0.0298. The van der Waals surface area contributed by atoms with Gasteiger partial charge >= 0.3 is 0 Å². The van der Waals surface area contributed by atoms with Crippen molar-refractivity contribution in [1.29, 1.82) is 0 Å². The van der Waals surface area contributed by atoms with Gasteiger partial charge in [0.25, 0.3) is 0 Å². The monoisotopic (exact) mass is 449 g/mol. The molecule has 162 valence electrons. The average Bonchev–Trinajstić information content (AvgIpc) is 3.31. The highest BCUT2D eigenvalue weighted by Crippen LogP contribution is 2.35. The van der Waals surface area contributed by atoms with E-state index in [-0.39, 0.29) is 5.02 Å². The second-order valence-electron chi connectivity index (χ2n) is 7.77. The van der Waals surface area contributed by atoms with Crippen LogP contribution >= 0.6 is 11.6 Å². The van der Waals surface area contributed by atoms with Crippen LogP contribution in [0.15, 0.2) is 60.9 Å². The molecule has 0 aliphatic carbocycles. The van der Waals surface area contributed by atoms with Crippen molar-refractivity contribution in [3.05, 3.63) is 71.8 Å². The topological polar surface area (TPSA) is 82.1 Å². The summed E-state index contributed by atoms with van der Waals surface area (Å²) < 4.78 is 14.0. The van der Waals surface area contributed by atoms with E-state index >= 15 is 0 Å². The molecule has 8 heteroatoms. The van der Waals surface area contributed by atoms with Crippen LogP contribution < -0.4 is 16.0 Å². The van der Waals surface area contributed by atoms with Crippen LogP contribution in [0.2, 0.25) is 5.02 Å². The first-order valence-corrected chi connectivity index (χ1v) is 10.7. The molecule has 4 aromatic rings. The maximum atomic E-state index is 14.0. The zero-order valence-electron chi connectivity index (χ0n) is 17.1. The van der Waals surface area contributed by atoms with Gasteiger partial charge in [0.1, 0.15) is 5.82 Å². The third-order valence-electron chi connectivity index (χ3n) is 5.55. The van der Waals surface area contributed by atoms with Gasteiger partial charge in [-0.1, -0.05) is 17.7 Å². The van der Waals surface area contributed by atoms with Gasteiger partial charge in [-0.25, -0.2) is 9.37 Å². The molecule has 2 aromatic heterocycles. The standard InChI is InChI=1S/C24H21ClFN5O/c25-19-10-15(11-20(26)24(19)32)14-1-3-21-18(9-14)22(6-8-28-21)30-16-2-4-23(29-13-16)31-17-5-7-27-12-17/h1-4,6,8-11,13,17,27,32H,5,7,12H2,(H,28,30)(H,29,31). The van der Waals surface area contributed by atoms with Crippen LogP contribution in [-0.2, 0) is 0 Å². The summed E-state index contributed by atoms with van der Waals surface area (Å²) in [5.41, 5.74) is 3.82. The first kappa shape index (κ1) is 20.5. The molecule has 1 atom stereocenters. The Balaban J connectivity index is 1.43. The molecule has 1 saturated heterocycles. The quantitative estimate of drug-likeness (QED) is 0.330. The SMILES string of the molecule is Oc1c(F)cc(-c2ccc3nccc(Nc4ccc(NC5CCNC5)nc4)c3c2)cc1Cl. The molecule has 0 spiro atoms. The summed E-state index contributed by atoms with van der Waals surface area (Å²) in [6.45, 7) is 1.97. The Morgan fingerprint density at radius 1 is 1.06 bits per heavy atom. The van der Waals surface area contributed by atoms with Crippen LogP contribution in [0.3, 0.4) is 0 Å². The molecule has 1 fully saturated rings. The van der Waals surface area contributed by atoms with Gasteiger partial charge in [0.05, 0.1) is 22.4 Å². The first-order chi connectivity index (χ1) is 15.6. The van der Waals surface area contributed by atoms with Crippen LogP contribution in [0, 0.1) is 5.82 Å². The van der Waals surface area contributed by atoms with Crippen molar-refractivity contribution in [2.75, 3.05) is 23.7 Å². The molecular weight excluding hydrogens is 429 g/mol. The van der Waals surface area contributed by atoms with Crippen LogP contribution in [0.5, 0.6) is 5.75 Å². The second-order valence-corrected chi connectivity index (χ2v) is 8.18. The predicted molar refractivity (Wildman–Crippen MR) is 126 cm³/mol. The van der Waals surface area contributed by atoms with E-state index in [1.807, 2.05) is 36.4 Å². The van der Waals surface area contributed by atoms with Crippen molar-refractivity contribution in [1.82, 2.24) is 15.3 Å². The minimum atomic E-state index is -0.759. The van der Waals surface area contributed by atoms with Crippen molar-refractivity contribution in [3.8, 4) is 16.9 Å². The number of phenolic OH excluding ortho intramolecular Hbond substituents is 1. The maximum absolute atomic E-state index is 14.0. The van der Waals surface area contributed by atoms with E-state index in [9.17, 15) is 9.50 Å². The number of hydrogen-bond donors (Lipinski definition) is 4. The first-order valence-electron chi connectivity index (χ1n) is 10.3. The smallest absolute Gasteiger partial charge is 0.170 e. The normalized spacial score (nSPS) is 15.8. The van der Waals surface area contributed by atoms with Crippen molar-refractivity contribution in [2.24, 2.45) is 0 Å². The lowest BCUT2D eigenvalue weighted by molar-refractivity contribution is 0.433. The summed E-state index contributed by atoms with van der Waals surface area (Å²) in [6, 6.07) is 14.7. The van der Waals surface area contributed by atoms with Gasteiger partial charge in [0.15, 0.2) is 11.6 Å². The summed E-state index contributed by atoms with van der Waals surface area (Å²) in [6.07, 6.45) is 4.61. The number of anilines is 3. The van der Waals surface area contributed by atoms with Gasteiger partial charge in [-0.05, 0) is 66.6 Å². The molecular formula is C24H21ClFN5O. The van der Waals surface area contributed by atoms with Crippen LogP contribution in [0.25, 0.3) is 22.0 Å². The summed E-state index contributed by atoms with van der Waals surface area (Å²) in [5.74, 6) is -0.461. The Hall–Kier alpha value is -3.42. The molecule has 0 amide bonds. The molecule has 1 aliphatic rings. The molecule has 6 nitrogen and oxygen atoms in total. The Morgan fingerprint density at radius 3 is 2.72 bits per heavy atom. The van der Waals surface area contributed by atoms with Crippen molar-refractivity contribution < 1.29 is 9.50 Å². The summed E-state index contributed by atoms with van der Waals surface area (Å²) in [4.78, 5) is 8.94. The summed E-state index contributed by atoms with van der Waals surface area (Å²) in [7, 11) is 0. The van der Waals surface area contributed by atoms with Crippen LogP contribution in [-0.4, -0.2) is 34.2 Å². The van der Waals surface area contributed by atoms with Gasteiger partial charge in [0.2, 0.25) is 0 Å². The van der Waals surface area contributed by atoms with Gasteiger partial charge in [-0.2, -0.15) is 0 Å². The number of rotatable bonds is 5. The Bertz CT molecular complexity index is 1250. The number of hydrogen-bond acceptors (Lipinski definition) is 6. The molecule has 4 N–H and O–H groups in total. The van der Waals surface area contributed by atoms with Crippen LogP contribution in [0.4, 0.5) is 21.6 Å². The van der Waals surface area contributed by atoms with Gasteiger partial charge in [-0.15, -0.1) is 0 Å². The van der Waals surface area contributed by atoms with E-state index in [0.29, 0.717) is 11.6 Å². The predicted octanol–water partition coefficient (Wildman–Crippen LogP) is 5.31. The molecule has 0 bridgehead atoms. The third kappa shape index (κ3) is 4.17. The molecule has 3 heterocycles. The van der Waals surface area contributed by atoms with Crippen LogP contribution in [0.1, 0.15) is 6.42 Å². The lowest BCUT2D eigenvalue weighted by atomic mass is 10.0. The number of pyridine rings is 2. The highest BCUT2D eigenvalue weighted by molar-refractivity contribution is 6.32. The average molecular weight is 450 g/mol. The fourth-order valence-electron chi connectivity index (χ4n) is 3.86. The second kappa shape index (κ2) is 8.61. The van der Waals surface area contributed by atoms with E-state index in [2.05, 4.69) is 25.9 Å². The lowest BCUT2D eigenvalue weighted by Crippen LogP contribution is -2.22. The van der Waals surface area contributed by atoms with Gasteiger partial charge in [-0.3, -0.25) is 4.98 Å². The van der Waals surface area contributed by atoms with E-state index in [1.165, 1.54) is 6.07 Å². The van der Waals surface area contributed by atoms with Gasteiger partial charge in [0, 0.05) is 29.9 Å². The van der Waals surface area contributed by atoms with E-state index < -0.39 is 11.6 Å². The molecule has 32 heavy (non-hydrogen) atoms. The third-order valence-corrected chi connectivity index (χ3v) is 5.83. The minimum Gasteiger partial charge on any atom is -0.504 e. The molecule has 1 unspecified atom stereocenters. The number of nitrogens with zero attached hydrogens (tertiary/aromatic N) is 2. The van der Waals surface area contributed by atoms with Crippen molar-refractivity contribution >= 4 is 39.7 Å². The molecule has 0 radical (unpaired) electrons. The number of fused-ring (bicyclic) bond motifs is 1. The number of phenols is 1. The largest absolute Gasteiger partial charge is 0.504 e. The highest BCUT2D eigenvalue weighted by Gasteiger charge is 2.14. The number of aromatic nitrogens is 2. The van der Waals surface area contributed by atoms with E-state index in [0.717, 1.165) is 53.2 Å². The number of halogens is 2. The zero-order chi connectivity index (χ0) is 22.1. The lowest BCUT2D eigenvalue weighted by Gasteiger charge is -2.14. The number of aromatic hydroxyl groups is 1. The van der Waals surface area contributed by atoms with E-state index in [1.54, 1.807) is 18.5 Å². The Labute approximate surface area is 189 Å². The summed E-state index contributed by atoms with van der Waals surface area (Å²) in [5, 5.41) is 20.6.